The number of quaternary nitrogens is 1. The maximum absolute atomic E-state index is 5.13. The lowest BCUT2D eigenvalue weighted by molar-refractivity contribution is 0.135. The molecule has 0 aliphatic rings. The van der Waals surface area contributed by atoms with Crippen LogP contribution in [0.2, 0.25) is 0 Å². The first-order chi connectivity index (χ1) is 3.41. The van der Waals surface area contributed by atoms with E-state index in [1.165, 1.54) is 0 Å². The Kier molecular flexibility index (Phi) is 13.6. The second kappa shape index (κ2) is 10.0. The lowest BCUT2D eigenvalue weighted by Gasteiger charge is -1.95. The summed E-state index contributed by atoms with van der Waals surface area (Å²) < 4.78 is 5.13. The normalized spacial score (nSPS) is 8.25. The van der Waals surface area contributed by atoms with E-state index in [0.29, 0.717) is 0 Å². The fourth-order valence-corrected chi connectivity index (χ4v) is 0.391. The first-order valence-corrected chi connectivity index (χ1v) is 2.99. The van der Waals surface area contributed by atoms with Gasteiger partial charge in [0.05, 0.1) is 0 Å². The van der Waals surface area contributed by atoms with Gasteiger partial charge in [0.25, 0.3) is 0 Å². The highest BCUT2D eigenvalue weighted by Crippen LogP contribution is 1.81. The lowest BCUT2D eigenvalue weighted by atomic mass is 10.5. The monoisotopic (exact) mass is 120 g/mol. The zero-order chi connectivity index (χ0) is 5.54. The molecule has 2 heteroatoms. The van der Waals surface area contributed by atoms with Crippen LogP contribution in [0, 0.1) is 0 Å². The SMILES string of the molecule is CCCOCCC.[NH4+]. The van der Waals surface area contributed by atoms with Crippen molar-refractivity contribution in [2.75, 3.05) is 13.2 Å². The van der Waals surface area contributed by atoms with Crippen molar-refractivity contribution >= 4 is 0 Å². The molecule has 0 heterocycles. The van der Waals surface area contributed by atoms with E-state index >= 15 is 0 Å². The fourth-order valence-electron chi connectivity index (χ4n) is 0.391. The minimum absolute atomic E-state index is 0. The molecule has 0 aromatic heterocycles. The molecule has 4 N–H and O–H groups in total. The Balaban J connectivity index is 0. The summed E-state index contributed by atoms with van der Waals surface area (Å²) in [5.41, 5.74) is 0. The quantitative estimate of drug-likeness (QED) is 0.568. The van der Waals surface area contributed by atoms with Gasteiger partial charge in [-0.15, -0.1) is 0 Å². The third-order valence-corrected chi connectivity index (χ3v) is 0.697. The molecule has 0 atom stereocenters. The maximum atomic E-state index is 5.13. The Morgan fingerprint density at radius 3 is 1.62 bits per heavy atom. The third kappa shape index (κ3) is 9.33. The maximum Gasteiger partial charge on any atom is 0.0463 e. The summed E-state index contributed by atoms with van der Waals surface area (Å²) in [7, 11) is 0. The molecular weight excluding hydrogens is 102 g/mol. The molecule has 52 valence electrons. The van der Waals surface area contributed by atoms with Crippen molar-refractivity contribution in [3.63, 3.8) is 0 Å². The van der Waals surface area contributed by atoms with E-state index in [-0.39, 0.29) is 6.15 Å². The minimum Gasteiger partial charge on any atom is -0.381 e. The van der Waals surface area contributed by atoms with E-state index in [1.807, 2.05) is 0 Å². The highest BCUT2D eigenvalue weighted by molar-refractivity contribution is 4.25. The molecule has 0 spiro atoms. The Morgan fingerprint density at radius 2 is 1.38 bits per heavy atom. The van der Waals surface area contributed by atoms with Crippen molar-refractivity contribution in [3.05, 3.63) is 0 Å². The number of ether oxygens (including phenoxy) is 1. The minimum atomic E-state index is 0. The average molecular weight is 120 g/mol. The molecule has 0 saturated heterocycles. The Labute approximate surface area is 51.8 Å². The van der Waals surface area contributed by atoms with Gasteiger partial charge in [-0.3, -0.25) is 0 Å². The molecule has 0 aliphatic heterocycles. The van der Waals surface area contributed by atoms with Gasteiger partial charge in [0.1, 0.15) is 0 Å². The summed E-state index contributed by atoms with van der Waals surface area (Å²) in [5, 5.41) is 0. The van der Waals surface area contributed by atoms with Gasteiger partial charge < -0.3 is 10.9 Å². The number of rotatable bonds is 4. The summed E-state index contributed by atoms with van der Waals surface area (Å²) in [6, 6.07) is 0. The fraction of sp³-hybridized carbons (Fsp3) is 1.00. The number of hydrogen-bond donors (Lipinski definition) is 1. The lowest BCUT2D eigenvalue weighted by Crippen LogP contribution is -1.92. The molecule has 0 saturated carbocycles. The van der Waals surface area contributed by atoms with Gasteiger partial charge in [-0.1, -0.05) is 13.8 Å². The zero-order valence-electron chi connectivity index (χ0n) is 6.24. The average Bonchev–Trinajstić information content (AvgIpc) is 1.69. The van der Waals surface area contributed by atoms with Crippen molar-refractivity contribution < 1.29 is 4.74 Å². The third-order valence-electron chi connectivity index (χ3n) is 0.697. The van der Waals surface area contributed by atoms with E-state index in [1.54, 1.807) is 0 Å². The second-order valence-corrected chi connectivity index (χ2v) is 1.61. The van der Waals surface area contributed by atoms with E-state index in [4.69, 9.17) is 4.74 Å². The predicted molar refractivity (Wildman–Crippen MR) is 37.4 cm³/mol. The molecule has 0 aromatic rings. The van der Waals surface area contributed by atoms with E-state index in [2.05, 4.69) is 13.8 Å². The molecule has 0 amide bonds. The van der Waals surface area contributed by atoms with E-state index in [0.717, 1.165) is 26.1 Å². The first-order valence-electron chi connectivity index (χ1n) is 2.99. The van der Waals surface area contributed by atoms with Gasteiger partial charge in [0, 0.05) is 13.2 Å². The van der Waals surface area contributed by atoms with Crippen LogP contribution in [0.5, 0.6) is 0 Å². The molecule has 0 radical (unpaired) electrons. The second-order valence-electron chi connectivity index (χ2n) is 1.61. The predicted octanol–water partition coefficient (Wildman–Crippen LogP) is 2.20. The standard InChI is InChI=1S/C6H14O.H3N/c1-3-5-7-6-4-2;/h3-6H2,1-2H3;1H3/p+1. The van der Waals surface area contributed by atoms with Crippen LogP contribution in [0.25, 0.3) is 0 Å². The molecule has 8 heavy (non-hydrogen) atoms. The molecule has 0 unspecified atom stereocenters. The van der Waals surface area contributed by atoms with Gasteiger partial charge in [-0.25, -0.2) is 0 Å². The largest absolute Gasteiger partial charge is 0.381 e. The van der Waals surface area contributed by atoms with Gasteiger partial charge >= 0.3 is 0 Å². The van der Waals surface area contributed by atoms with E-state index in [9.17, 15) is 0 Å². The molecule has 0 rings (SSSR count). The molecule has 0 aromatic carbocycles. The first kappa shape index (κ1) is 10.8. The summed E-state index contributed by atoms with van der Waals surface area (Å²) in [4.78, 5) is 0. The van der Waals surface area contributed by atoms with Crippen LogP contribution in [0.1, 0.15) is 26.7 Å². The van der Waals surface area contributed by atoms with Crippen molar-refractivity contribution in [2.45, 2.75) is 26.7 Å². The number of hydrogen-bond acceptors (Lipinski definition) is 1. The van der Waals surface area contributed by atoms with Crippen LogP contribution in [-0.2, 0) is 4.74 Å². The van der Waals surface area contributed by atoms with Crippen molar-refractivity contribution in [3.8, 4) is 0 Å². The highest BCUT2D eigenvalue weighted by atomic mass is 16.5. The van der Waals surface area contributed by atoms with Crippen LogP contribution in [0.15, 0.2) is 0 Å². The van der Waals surface area contributed by atoms with Crippen LogP contribution in [-0.4, -0.2) is 13.2 Å². The zero-order valence-corrected chi connectivity index (χ0v) is 6.24. The van der Waals surface area contributed by atoms with Gasteiger partial charge in [0.15, 0.2) is 0 Å². The van der Waals surface area contributed by atoms with Crippen molar-refractivity contribution in [1.29, 1.82) is 0 Å². The van der Waals surface area contributed by atoms with E-state index < -0.39 is 0 Å². The van der Waals surface area contributed by atoms with Crippen LogP contribution in [0.3, 0.4) is 0 Å². The summed E-state index contributed by atoms with van der Waals surface area (Å²) >= 11 is 0. The molecule has 0 bridgehead atoms. The Bertz CT molecular complexity index is 27.7. The molecule has 0 aliphatic carbocycles. The van der Waals surface area contributed by atoms with Gasteiger partial charge in [-0.2, -0.15) is 0 Å². The van der Waals surface area contributed by atoms with Crippen LogP contribution < -0.4 is 6.15 Å². The van der Waals surface area contributed by atoms with Crippen molar-refractivity contribution in [1.82, 2.24) is 6.15 Å². The summed E-state index contributed by atoms with van der Waals surface area (Å²) in [6.45, 7) is 6.09. The van der Waals surface area contributed by atoms with Gasteiger partial charge in [-0.05, 0) is 12.8 Å². The smallest absolute Gasteiger partial charge is 0.0463 e. The highest BCUT2D eigenvalue weighted by Gasteiger charge is 1.77. The Hall–Kier alpha value is -0.0800. The van der Waals surface area contributed by atoms with Crippen molar-refractivity contribution in [2.24, 2.45) is 0 Å². The van der Waals surface area contributed by atoms with Crippen LogP contribution in [0.4, 0.5) is 0 Å². The molecular formula is C6H18NO+. The van der Waals surface area contributed by atoms with Gasteiger partial charge in [0.2, 0.25) is 0 Å². The topological polar surface area (TPSA) is 45.7 Å². The summed E-state index contributed by atoms with van der Waals surface area (Å²) in [6.07, 6.45) is 2.28. The Morgan fingerprint density at radius 1 is 1.00 bits per heavy atom. The summed E-state index contributed by atoms with van der Waals surface area (Å²) in [5.74, 6) is 0. The van der Waals surface area contributed by atoms with Crippen LogP contribution >= 0.6 is 0 Å². The molecule has 0 fully saturated rings. The molecule has 2 nitrogen and oxygen atoms in total.